The summed E-state index contributed by atoms with van der Waals surface area (Å²) in [4.78, 5) is 15.5. The molecule has 21 heavy (non-hydrogen) atoms. The second kappa shape index (κ2) is 5.67. The Balaban J connectivity index is 2.41. The van der Waals surface area contributed by atoms with E-state index in [2.05, 4.69) is 26.8 Å². The lowest BCUT2D eigenvalue weighted by molar-refractivity contribution is 0.0687. The summed E-state index contributed by atoms with van der Waals surface area (Å²) in [5.74, 6) is -1.05. The van der Waals surface area contributed by atoms with Crippen molar-refractivity contribution < 1.29 is 9.90 Å². The van der Waals surface area contributed by atoms with Crippen molar-refractivity contribution in [2.24, 2.45) is 0 Å². The van der Waals surface area contributed by atoms with Crippen LogP contribution in [0.3, 0.4) is 0 Å². The first-order valence-corrected chi connectivity index (χ1v) is 7.00. The molecule has 0 aromatic carbocycles. The Morgan fingerprint density at radius 1 is 1.38 bits per heavy atom. The number of hydrogen-bond donors (Lipinski definition) is 1. The average molecular weight is 291 g/mol. The van der Waals surface area contributed by atoms with Crippen molar-refractivity contribution in [1.29, 1.82) is 0 Å². The van der Waals surface area contributed by atoms with Crippen molar-refractivity contribution in [3.05, 3.63) is 29.6 Å². The molecule has 0 bridgehead atoms. The Hall–Kier alpha value is -2.18. The predicted molar refractivity (Wildman–Crippen MR) is 77.3 cm³/mol. The Labute approximate surface area is 123 Å². The van der Waals surface area contributed by atoms with E-state index in [-0.39, 0.29) is 11.1 Å². The molecule has 0 unspecified atom stereocenters. The molecule has 0 atom stereocenters. The SMILES string of the molecule is CCCn1cncc1Cn1nnc(C(=O)O)c1C(C)(C)C. The van der Waals surface area contributed by atoms with Gasteiger partial charge in [-0.1, -0.05) is 32.9 Å². The lowest BCUT2D eigenvalue weighted by atomic mass is 9.90. The number of carboxylic acids is 1. The molecule has 0 aliphatic carbocycles. The van der Waals surface area contributed by atoms with Gasteiger partial charge in [0, 0.05) is 12.0 Å². The summed E-state index contributed by atoms with van der Waals surface area (Å²) in [6.45, 7) is 9.31. The summed E-state index contributed by atoms with van der Waals surface area (Å²) in [6, 6.07) is 0. The van der Waals surface area contributed by atoms with Gasteiger partial charge in [-0.2, -0.15) is 0 Å². The third-order valence-corrected chi connectivity index (χ3v) is 3.22. The zero-order valence-corrected chi connectivity index (χ0v) is 12.9. The number of nitrogens with zero attached hydrogens (tertiary/aromatic N) is 5. The van der Waals surface area contributed by atoms with Crippen molar-refractivity contribution in [2.45, 2.75) is 52.6 Å². The van der Waals surface area contributed by atoms with Crippen LogP contribution in [0.2, 0.25) is 0 Å². The number of carbonyl (C=O) groups is 1. The standard InChI is InChI=1S/C14H21N5O2/c1-5-6-18-9-15-7-10(18)8-19-12(14(2,3)4)11(13(20)21)16-17-19/h7,9H,5-6,8H2,1-4H3,(H,20,21). The monoisotopic (exact) mass is 291 g/mol. The molecule has 2 rings (SSSR count). The smallest absolute Gasteiger partial charge is 0.358 e. The van der Waals surface area contributed by atoms with E-state index in [1.807, 2.05) is 20.8 Å². The Morgan fingerprint density at radius 2 is 2.10 bits per heavy atom. The topological polar surface area (TPSA) is 85.8 Å². The van der Waals surface area contributed by atoms with Crippen LogP contribution < -0.4 is 0 Å². The third-order valence-electron chi connectivity index (χ3n) is 3.22. The fourth-order valence-electron chi connectivity index (χ4n) is 2.39. The number of aromatic carboxylic acids is 1. The molecule has 2 aromatic rings. The van der Waals surface area contributed by atoms with Crippen LogP contribution >= 0.6 is 0 Å². The minimum atomic E-state index is -1.05. The molecule has 0 aliphatic rings. The second-order valence-electron chi connectivity index (χ2n) is 6.08. The Kier molecular flexibility index (Phi) is 4.11. The highest BCUT2D eigenvalue weighted by Crippen LogP contribution is 2.25. The van der Waals surface area contributed by atoms with Gasteiger partial charge in [0.2, 0.25) is 0 Å². The molecule has 0 saturated carbocycles. The van der Waals surface area contributed by atoms with E-state index in [1.54, 1.807) is 17.2 Å². The first-order chi connectivity index (χ1) is 9.84. The zero-order chi connectivity index (χ0) is 15.6. The highest BCUT2D eigenvalue weighted by atomic mass is 16.4. The van der Waals surface area contributed by atoms with E-state index in [0.29, 0.717) is 12.2 Å². The van der Waals surface area contributed by atoms with Crippen LogP contribution in [0.4, 0.5) is 0 Å². The number of imidazole rings is 1. The van der Waals surface area contributed by atoms with Crippen LogP contribution in [0.5, 0.6) is 0 Å². The highest BCUT2D eigenvalue weighted by molar-refractivity contribution is 5.86. The van der Waals surface area contributed by atoms with Gasteiger partial charge in [0.1, 0.15) is 0 Å². The summed E-state index contributed by atoms with van der Waals surface area (Å²) < 4.78 is 3.71. The lowest BCUT2D eigenvalue weighted by Crippen LogP contribution is -2.23. The summed E-state index contributed by atoms with van der Waals surface area (Å²) >= 11 is 0. The molecular weight excluding hydrogens is 270 g/mol. The number of carboxylic acid groups (broad SMARTS) is 1. The van der Waals surface area contributed by atoms with Gasteiger partial charge in [-0.15, -0.1) is 5.10 Å². The summed E-state index contributed by atoms with van der Waals surface area (Å²) in [7, 11) is 0. The van der Waals surface area contributed by atoms with E-state index in [0.717, 1.165) is 18.7 Å². The molecule has 7 heteroatoms. The number of hydrogen-bond acceptors (Lipinski definition) is 4. The van der Waals surface area contributed by atoms with Crippen molar-refractivity contribution >= 4 is 5.97 Å². The van der Waals surface area contributed by atoms with Crippen LogP contribution in [0.25, 0.3) is 0 Å². The molecule has 0 aliphatic heterocycles. The van der Waals surface area contributed by atoms with Gasteiger partial charge in [0.25, 0.3) is 0 Å². The summed E-state index contributed by atoms with van der Waals surface area (Å²) in [5.41, 5.74) is 1.28. The molecule has 1 N–H and O–H groups in total. The first kappa shape index (κ1) is 15.2. The van der Waals surface area contributed by atoms with E-state index in [9.17, 15) is 9.90 Å². The predicted octanol–water partition coefficient (Wildman–Crippen LogP) is 1.93. The van der Waals surface area contributed by atoms with Gasteiger partial charge in [-0.05, 0) is 6.42 Å². The van der Waals surface area contributed by atoms with Crippen LogP contribution in [0.15, 0.2) is 12.5 Å². The van der Waals surface area contributed by atoms with Gasteiger partial charge >= 0.3 is 5.97 Å². The van der Waals surface area contributed by atoms with E-state index in [4.69, 9.17) is 0 Å². The molecule has 0 radical (unpaired) electrons. The minimum absolute atomic E-state index is 0.0176. The average Bonchev–Trinajstić information content (AvgIpc) is 2.97. The first-order valence-electron chi connectivity index (χ1n) is 7.00. The third kappa shape index (κ3) is 3.12. The van der Waals surface area contributed by atoms with Crippen molar-refractivity contribution in [3.63, 3.8) is 0 Å². The quantitative estimate of drug-likeness (QED) is 0.909. The number of rotatable bonds is 5. The summed E-state index contributed by atoms with van der Waals surface area (Å²) in [6.07, 6.45) is 4.57. The van der Waals surface area contributed by atoms with Gasteiger partial charge in [-0.3, -0.25) is 0 Å². The molecule has 0 spiro atoms. The van der Waals surface area contributed by atoms with Crippen molar-refractivity contribution in [1.82, 2.24) is 24.5 Å². The maximum absolute atomic E-state index is 11.3. The molecule has 0 fully saturated rings. The second-order valence-corrected chi connectivity index (χ2v) is 6.08. The van der Waals surface area contributed by atoms with Crippen molar-refractivity contribution in [3.8, 4) is 0 Å². The van der Waals surface area contributed by atoms with Gasteiger partial charge in [-0.25, -0.2) is 14.5 Å². The molecule has 2 aromatic heterocycles. The van der Waals surface area contributed by atoms with E-state index >= 15 is 0 Å². The van der Waals surface area contributed by atoms with Crippen molar-refractivity contribution in [2.75, 3.05) is 0 Å². The maximum Gasteiger partial charge on any atom is 0.358 e. The Morgan fingerprint density at radius 3 is 2.67 bits per heavy atom. The van der Waals surface area contributed by atoms with Gasteiger partial charge < -0.3 is 9.67 Å². The molecular formula is C14H21N5O2. The minimum Gasteiger partial charge on any atom is -0.476 e. The van der Waals surface area contributed by atoms with Crippen LogP contribution in [0.1, 0.15) is 56.0 Å². The normalized spacial score (nSPS) is 11.8. The fourth-order valence-corrected chi connectivity index (χ4v) is 2.39. The molecule has 2 heterocycles. The van der Waals surface area contributed by atoms with Gasteiger partial charge in [0.15, 0.2) is 5.69 Å². The maximum atomic E-state index is 11.3. The van der Waals surface area contributed by atoms with Crippen LogP contribution in [-0.4, -0.2) is 35.6 Å². The molecule has 0 amide bonds. The number of aromatic nitrogens is 5. The molecule has 0 saturated heterocycles. The zero-order valence-electron chi connectivity index (χ0n) is 12.9. The fraction of sp³-hybridized carbons (Fsp3) is 0.571. The number of aryl methyl sites for hydroxylation is 1. The Bertz CT molecular complexity index is 636. The van der Waals surface area contributed by atoms with Crippen LogP contribution in [0, 0.1) is 0 Å². The van der Waals surface area contributed by atoms with Crippen LogP contribution in [-0.2, 0) is 18.5 Å². The molecule has 114 valence electrons. The van der Waals surface area contributed by atoms with E-state index in [1.165, 1.54) is 0 Å². The van der Waals surface area contributed by atoms with Gasteiger partial charge in [0.05, 0.1) is 30.5 Å². The lowest BCUT2D eigenvalue weighted by Gasteiger charge is -2.20. The van der Waals surface area contributed by atoms with E-state index < -0.39 is 5.97 Å². The summed E-state index contributed by atoms with van der Waals surface area (Å²) in [5, 5.41) is 17.1. The highest BCUT2D eigenvalue weighted by Gasteiger charge is 2.29. The largest absolute Gasteiger partial charge is 0.476 e. The molecule has 7 nitrogen and oxygen atoms in total.